The Morgan fingerprint density at radius 1 is 1.15 bits per heavy atom. The molecule has 1 saturated carbocycles. The highest BCUT2D eigenvalue weighted by atomic mass is 31.2. The van der Waals surface area contributed by atoms with Crippen LogP contribution in [0, 0.1) is 0 Å². The zero-order valence-corrected chi connectivity index (χ0v) is 22.9. The van der Waals surface area contributed by atoms with Crippen LogP contribution in [-0.2, 0) is 18.4 Å². The predicted octanol–water partition coefficient (Wildman–Crippen LogP) is 2.20. The summed E-state index contributed by atoms with van der Waals surface area (Å²) in [6.45, 7) is -0.806. The van der Waals surface area contributed by atoms with Gasteiger partial charge in [0.2, 0.25) is 0 Å². The van der Waals surface area contributed by atoms with Crippen molar-refractivity contribution in [3.05, 3.63) is 48.0 Å². The molecule has 2 aromatic heterocycles. The molecule has 2 aliphatic rings. The van der Waals surface area contributed by atoms with Gasteiger partial charge in [0.05, 0.1) is 12.9 Å². The number of fused-ring (bicyclic) bond motifs is 1. The first-order valence-corrected chi connectivity index (χ1v) is 16.2. The van der Waals surface area contributed by atoms with Gasteiger partial charge in [0, 0.05) is 6.04 Å². The van der Waals surface area contributed by atoms with Crippen LogP contribution in [0.2, 0.25) is 0 Å². The van der Waals surface area contributed by atoms with Gasteiger partial charge < -0.3 is 39.5 Å². The molecule has 2 unspecified atom stereocenters. The number of benzene rings is 1. The first-order valence-electron chi connectivity index (χ1n) is 12.6. The van der Waals surface area contributed by atoms with Crippen molar-refractivity contribution in [2.75, 3.05) is 17.8 Å². The maximum Gasteiger partial charge on any atom is 0.340 e. The Morgan fingerprint density at radius 3 is 2.52 bits per heavy atom. The number of aromatic nitrogens is 4. The summed E-state index contributed by atoms with van der Waals surface area (Å²) in [5.74, 6) is -1.04. The molecule has 17 heteroatoms. The molecule has 0 amide bonds. The van der Waals surface area contributed by atoms with Gasteiger partial charge in [-0.25, -0.2) is 19.3 Å². The lowest BCUT2D eigenvalue weighted by Crippen LogP contribution is -2.31. The summed E-state index contributed by atoms with van der Waals surface area (Å²) in [6, 6.07) is 8.87. The highest BCUT2D eigenvalue weighted by Crippen LogP contribution is 2.55. The lowest BCUT2D eigenvalue weighted by atomic mass is 10.1. The molecule has 14 nitrogen and oxygen atoms in total. The van der Waals surface area contributed by atoms with E-state index in [1.54, 1.807) is 30.3 Å². The molecule has 2 fully saturated rings. The van der Waals surface area contributed by atoms with E-state index in [1.807, 2.05) is 0 Å². The number of hydrogen-bond acceptors (Lipinski definition) is 10. The summed E-state index contributed by atoms with van der Waals surface area (Å²) in [4.78, 5) is 41.0. The quantitative estimate of drug-likeness (QED) is 0.184. The van der Waals surface area contributed by atoms with Crippen LogP contribution in [0.15, 0.2) is 36.7 Å². The maximum atomic E-state index is 15.3. The summed E-state index contributed by atoms with van der Waals surface area (Å²) < 4.78 is 50.0. The Hall–Kier alpha value is -2.32. The molecule has 6 atom stereocenters. The molecular weight excluding hydrogens is 571 g/mol. The Bertz CT molecular complexity index is 1430. The van der Waals surface area contributed by atoms with Gasteiger partial charge in [-0.05, 0) is 18.4 Å². The van der Waals surface area contributed by atoms with Crippen LogP contribution in [0.3, 0.4) is 0 Å². The highest BCUT2D eigenvalue weighted by molar-refractivity contribution is 7.70. The second kappa shape index (κ2) is 11.5. The fourth-order valence-electron chi connectivity index (χ4n) is 4.92. The van der Waals surface area contributed by atoms with Gasteiger partial charge >= 0.3 is 15.2 Å². The van der Waals surface area contributed by atoms with E-state index in [0.717, 1.165) is 25.7 Å². The third-order valence-corrected chi connectivity index (χ3v) is 10.3. The van der Waals surface area contributed by atoms with Crippen LogP contribution in [0.5, 0.6) is 0 Å². The van der Waals surface area contributed by atoms with Gasteiger partial charge in [0.25, 0.3) is 0 Å². The molecule has 6 N–H and O–H groups in total. The molecule has 40 heavy (non-hydrogen) atoms. The standard InChI is InChI=1S/C23H30FN5O9P2/c24-16-19(31)15(10-37-40(35,36)12-39(32,33)34)38-23(16)29-11-25-17-20(26-14-8-4-5-9-14)27-21(28-22(17)29)18(30)13-6-2-1-3-7-13/h1-3,6-7,11,14-16,18-19,23,30-31H,4-5,8-10,12H2,(H,35,36)(H,26,27,28)(H2,32,33,34)/t15-,16+,18?,19-,23-/m1/s1. The van der Waals surface area contributed by atoms with Crippen molar-refractivity contribution in [1.29, 1.82) is 0 Å². The molecule has 3 aromatic rings. The molecule has 0 bridgehead atoms. The molecular formula is C23H30FN5O9P2. The predicted molar refractivity (Wildman–Crippen MR) is 139 cm³/mol. The van der Waals surface area contributed by atoms with Crippen LogP contribution in [0.25, 0.3) is 11.2 Å². The zero-order valence-electron chi connectivity index (χ0n) is 21.1. The summed E-state index contributed by atoms with van der Waals surface area (Å²) in [5, 5.41) is 24.8. The second-order valence-corrected chi connectivity index (χ2v) is 13.9. The molecule has 0 radical (unpaired) electrons. The van der Waals surface area contributed by atoms with Gasteiger partial charge in [-0.15, -0.1) is 0 Å². The topological polar surface area (TPSA) is 209 Å². The number of halogens is 1. The smallest absolute Gasteiger partial charge is 0.340 e. The SMILES string of the molecule is O=P(O)(O)CP(=O)(O)OC[C@H]1O[C@@H](n2cnc3c(NC4CCCC4)nc(C(O)c4ccccc4)nc32)[C@@H](F)[C@@H]1O. The molecule has 1 aliphatic carbocycles. The number of ether oxygens (including phenoxy) is 1. The number of anilines is 1. The van der Waals surface area contributed by atoms with Gasteiger partial charge in [-0.2, -0.15) is 0 Å². The number of rotatable bonds is 10. The summed E-state index contributed by atoms with van der Waals surface area (Å²) in [7, 11) is -9.63. The van der Waals surface area contributed by atoms with Crippen LogP contribution < -0.4 is 5.32 Å². The number of alkyl halides is 1. The van der Waals surface area contributed by atoms with Gasteiger partial charge in [0.1, 0.15) is 18.3 Å². The van der Waals surface area contributed by atoms with Gasteiger partial charge in [-0.1, -0.05) is 43.2 Å². The van der Waals surface area contributed by atoms with Gasteiger partial charge in [0.15, 0.2) is 41.1 Å². The van der Waals surface area contributed by atoms with Crippen LogP contribution in [-0.4, -0.2) is 81.3 Å². The van der Waals surface area contributed by atoms with E-state index in [1.165, 1.54) is 10.9 Å². The minimum atomic E-state index is -4.87. The molecule has 3 heterocycles. The van der Waals surface area contributed by atoms with E-state index in [4.69, 9.17) is 19.0 Å². The molecule has 5 rings (SSSR count). The van der Waals surface area contributed by atoms with Crippen molar-refractivity contribution >= 4 is 32.2 Å². The highest BCUT2D eigenvalue weighted by Gasteiger charge is 2.47. The lowest BCUT2D eigenvalue weighted by Gasteiger charge is -2.19. The van der Waals surface area contributed by atoms with Crippen molar-refractivity contribution in [2.24, 2.45) is 0 Å². The second-order valence-electron chi connectivity index (χ2n) is 9.93. The average Bonchev–Trinajstić information content (AvgIpc) is 3.62. The number of aliphatic hydroxyl groups excluding tert-OH is 2. The van der Waals surface area contributed by atoms with E-state index in [9.17, 15) is 24.2 Å². The molecule has 1 aromatic carbocycles. The minimum absolute atomic E-state index is 0.0356. The Balaban J connectivity index is 1.45. The number of imidazole rings is 1. The number of aliphatic hydroxyl groups is 2. The summed E-state index contributed by atoms with van der Waals surface area (Å²) in [5.41, 5.74) is 0.954. The maximum absolute atomic E-state index is 15.3. The van der Waals surface area contributed by atoms with Crippen molar-refractivity contribution in [2.45, 2.75) is 62.4 Å². The van der Waals surface area contributed by atoms with Crippen molar-refractivity contribution < 1.29 is 47.7 Å². The monoisotopic (exact) mass is 601 g/mol. The Morgan fingerprint density at radius 2 is 1.85 bits per heavy atom. The van der Waals surface area contributed by atoms with Crippen LogP contribution >= 0.6 is 15.2 Å². The van der Waals surface area contributed by atoms with Crippen LogP contribution in [0.1, 0.15) is 49.4 Å². The Labute approximate surface area is 227 Å². The fourth-order valence-corrected chi connectivity index (χ4v) is 7.49. The molecule has 1 aliphatic heterocycles. The third-order valence-electron chi connectivity index (χ3n) is 6.87. The zero-order chi connectivity index (χ0) is 28.7. The molecule has 0 spiro atoms. The largest absolute Gasteiger partial charge is 0.387 e. The number of hydrogen-bond donors (Lipinski definition) is 6. The van der Waals surface area contributed by atoms with Crippen molar-refractivity contribution in [1.82, 2.24) is 19.5 Å². The average molecular weight is 601 g/mol. The summed E-state index contributed by atoms with van der Waals surface area (Å²) in [6.07, 6.45) is -2.77. The molecule has 218 valence electrons. The third kappa shape index (κ3) is 6.43. The summed E-state index contributed by atoms with van der Waals surface area (Å²) >= 11 is 0. The first kappa shape index (κ1) is 29.2. The fraction of sp³-hybridized carbons (Fsp3) is 0.522. The van der Waals surface area contributed by atoms with E-state index in [0.29, 0.717) is 16.9 Å². The normalized spacial score (nSPS) is 26.2. The van der Waals surface area contributed by atoms with E-state index in [2.05, 4.69) is 20.3 Å². The first-order chi connectivity index (χ1) is 18.9. The number of nitrogens with one attached hydrogen (secondary N) is 1. The van der Waals surface area contributed by atoms with E-state index in [-0.39, 0.29) is 17.5 Å². The van der Waals surface area contributed by atoms with E-state index >= 15 is 4.39 Å². The lowest BCUT2D eigenvalue weighted by molar-refractivity contribution is -0.0425. The Kier molecular flexibility index (Phi) is 8.40. The number of nitrogens with zero attached hydrogens (tertiary/aromatic N) is 4. The van der Waals surface area contributed by atoms with Crippen molar-refractivity contribution in [3.63, 3.8) is 0 Å². The minimum Gasteiger partial charge on any atom is -0.387 e. The van der Waals surface area contributed by atoms with Gasteiger partial charge in [-0.3, -0.25) is 13.7 Å². The van der Waals surface area contributed by atoms with Crippen LogP contribution in [0.4, 0.5) is 10.2 Å². The van der Waals surface area contributed by atoms with E-state index < -0.39 is 58.4 Å². The van der Waals surface area contributed by atoms with Crippen molar-refractivity contribution in [3.8, 4) is 0 Å². The molecule has 1 saturated heterocycles.